The van der Waals surface area contributed by atoms with E-state index in [9.17, 15) is 5.11 Å². The third-order valence-corrected chi connectivity index (χ3v) is 4.56. The Morgan fingerprint density at radius 3 is 2.52 bits per heavy atom. The zero-order chi connectivity index (χ0) is 16.1. The molecule has 0 bridgehead atoms. The highest BCUT2D eigenvalue weighted by Gasteiger charge is 2.34. The molecule has 3 rings (SSSR count). The van der Waals surface area contributed by atoms with Crippen molar-refractivity contribution < 1.29 is 5.11 Å². The number of aliphatic imine (C=N–C) groups is 1. The lowest BCUT2D eigenvalue weighted by atomic mass is 9.80. The first-order valence-corrected chi connectivity index (χ1v) is 8.48. The Morgan fingerprint density at radius 1 is 1.26 bits per heavy atom. The highest BCUT2D eigenvalue weighted by molar-refractivity contribution is 5.80. The molecule has 2 heterocycles. The van der Waals surface area contributed by atoms with E-state index in [1.807, 2.05) is 6.07 Å². The van der Waals surface area contributed by atoms with Crippen LogP contribution in [0.15, 0.2) is 23.5 Å². The fourth-order valence-electron chi connectivity index (χ4n) is 2.96. The summed E-state index contributed by atoms with van der Waals surface area (Å²) in [6, 6.07) is 1.83. The molecule has 0 spiro atoms. The molecular weight excluding hydrogens is 292 g/mol. The minimum atomic E-state index is -0.569. The van der Waals surface area contributed by atoms with E-state index in [4.69, 9.17) is 0 Å². The van der Waals surface area contributed by atoms with Crippen LogP contribution < -0.4 is 10.2 Å². The third-order valence-electron chi connectivity index (χ3n) is 4.56. The Kier molecular flexibility index (Phi) is 4.95. The van der Waals surface area contributed by atoms with Crippen LogP contribution in [0.5, 0.6) is 0 Å². The number of guanidine groups is 1. The van der Waals surface area contributed by atoms with Crippen molar-refractivity contribution in [3.05, 3.63) is 18.5 Å². The SMILES string of the molecule is CCNC(=NCC1(O)CCC1)N1CCN(c2ncccn2)CC1. The number of hydrogen-bond acceptors (Lipinski definition) is 5. The zero-order valence-electron chi connectivity index (χ0n) is 13.8. The predicted molar refractivity (Wildman–Crippen MR) is 90.6 cm³/mol. The Labute approximate surface area is 137 Å². The van der Waals surface area contributed by atoms with Gasteiger partial charge in [0, 0.05) is 45.1 Å². The van der Waals surface area contributed by atoms with E-state index in [0.717, 1.165) is 63.9 Å². The van der Waals surface area contributed by atoms with Crippen molar-refractivity contribution in [2.75, 3.05) is 44.2 Å². The van der Waals surface area contributed by atoms with E-state index in [-0.39, 0.29) is 0 Å². The summed E-state index contributed by atoms with van der Waals surface area (Å²) in [5.41, 5.74) is -0.569. The van der Waals surface area contributed by atoms with Gasteiger partial charge >= 0.3 is 0 Å². The summed E-state index contributed by atoms with van der Waals surface area (Å²) in [5.74, 6) is 1.69. The fraction of sp³-hybridized carbons (Fsp3) is 0.688. The molecule has 1 aromatic heterocycles. The second kappa shape index (κ2) is 7.12. The molecule has 1 saturated carbocycles. The summed E-state index contributed by atoms with van der Waals surface area (Å²) in [6.45, 7) is 6.90. The topological polar surface area (TPSA) is 76.9 Å². The van der Waals surface area contributed by atoms with Crippen molar-refractivity contribution in [1.29, 1.82) is 0 Å². The molecule has 1 aliphatic carbocycles. The number of nitrogens with one attached hydrogen (secondary N) is 1. The van der Waals surface area contributed by atoms with Crippen LogP contribution in [-0.2, 0) is 0 Å². The molecule has 126 valence electrons. The van der Waals surface area contributed by atoms with Gasteiger partial charge in [-0.1, -0.05) is 0 Å². The lowest BCUT2D eigenvalue weighted by Gasteiger charge is -2.38. The Hall–Kier alpha value is -1.89. The van der Waals surface area contributed by atoms with Gasteiger partial charge in [-0.25, -0.2) is 9.97 Å². The summed E-state index contributed by atoms with van der Waals surface area (Å²) >= 11 is 0. The largest absolute Gasteiger partial charge is 0.388 e. The van der Waals surface area contributed by atoms with Crippen LogP contribution in [0.2, 0.25) is 0 Å². The lowest BCUT2D eigenvalue weighted by molar-refractivity contribution is -0.0237. The molecule has 2 fully saturated rings. The Balaban J connectivity index is 1.58. The smallest absolute Gasteiger partial charge is 0.225 e. The average molecular weight is 318 g/mol. The van der Waals surface area contributed by atoms with Gasteiger partial charge in [-0.05, 0) is 32.3 Å². The minimum Gasteiger partial charge on any atom is -0.388 e. The van der Waals surface area contributed by atoms with Crippen LogP contribution in [0.1, 0.15) is 26.2 Å². The third kappa shape index (κ3) is 3.90. The van der Waals surface area contributed by atoms with Gasteiger partial charge in [0.15, 0.2) is 5.96 Å². The minimum absolute atomic E-state index is 0.497. The first kappa shape index (κ1) is 16.0. The van der Waals surface area contributed by atoms with Gasteiger partial charge in [0.05, 0.1) is 12.1 Å². The van der Waals surface area contributed by atoms with Crippen molar-refractivity contribution >= 4 is 11.9 Å². The number of nitrogens with zero attached hydrogens (tertiary/aromatic N) is 5. The lowest BCUT2D eigenvalue weighted by Crippen LogP contribution is -2.53. The van der Waals surface area contributed by atoms with E-state index in [2.05, 4.69) is 37.0 Å². The number of rotatable bonds is 4. The number of hydrogen-bond donors (Lipinski definition) is 2. The fourth-order valence-corrected chi connectivity index (χ4v) is 2.96. The number of piperazine rings is 1. The molecule has 2 aliphatic rings. The van der Waals surface area contributed by atoms with Gasteiger partial charge in [0.1, 0.15) is 0 Å². The summed E-state index contributed by atoms with van der Waals surface area (Å²) in [6.07, 6.45) is 6.40. The maximum atomic E-state index is 10.2. The number of aliphatic hydroxyl groups is 1. The van der Waals surface area contributed by atoms with Gasteiger partial charge in [-0.15, -0.1) is 0 Å². The molecule has 23 heavy (non-hydrogen) atoms. The highest BCUT2D eigenvalue weighted by atomic mass is 16.3. The Bertz CT molecular complexity index is 523. The van der Waals surface area contributed by atoms with Crippen LogP contribution in [-0.4, -0.2) is 70.8 Å². The van der Waals surface area contributed by atoms with Gasteiger partial charge in [-0.2, -0.15) is 0 Å². The van der Waals surface area contributed by atoms with Crippen molar-refractivity contribution in [3.63, 3.8) is 0 Å². The van der Waals surface area contributed by atoms with E-state index in [1.54, 1.807) is 12.4 Å². The molecule has 7 nitrogen and oxygen atoms in total. The van der Waals surface area contributed by atoms with Gasteiger partial charge < -0.3 is 20.2 Å². The second-order valence-corrected chi connectivity index (χ2v) is 6.27. The molecule has 2 N–H and O–H groups in total. The maximum absolute atomic E-state index is 10.2. The first-order valence-electron chi connectivity index (χ1n) is 8.48. The standard InChI is InChI=1S/C16H26N6O/c1-2-17-14(20-13-16(23)5-3-6-16)21-9-11-22(12-10-21)15-18-7-4-8-19-15/h4,7-8,23H,2-3,5-6,9-13H2,1H3,(H,17,20). The Morgan fingerprint density at radius 2 is 1.96 bits per heavy atom. The van der Waals surface area contributed by atoms with E-state index >= 15 is 0 Å². The van der Waals surface area contributed by atoms with E-state index < -0.39 is 5.60 Å². The average Bonchev–Trinajstić information content (AvgIpc) is 2.58. The molecule has 0 unspecified atom stereocenters. The summed E-state index contributed by atoms with van der Waals surface area (Å²) < 4.78 is 0. The molecule has 0 radical (unpaired) electrons. The summed E-state index contributed by atoms with van der Waals surface area (Å²) in [4.78, 5) is 17.7. The zero-order valence-corrected chi connectivity index (χ0v) is 13.8. The summed E-state index contributed by atoms with van der Waals surface area (Å²) in [7, 11) is 0. The van der Waals surface area contributed by atoms with Crippen molar-refractivity contribution in [2.24, 2.45) is 4.99 Å². The molecule has 1 saturated heterocycles. The molecule has 0 atom stereocenters. The summed E-state index contributed by atoms with van der Waals surface area (Å²) in [5, 5.41) is 13.6. The number of anilines is 1. The van der Waals surface area contributed by atoms with Crippen LogP contribution in [0.3, 0.4) is 0 Å². The maximum Gasteiger partial charge on any atom is 0.225 e. The molecular formula is C16H26N6O. The molecule has 1 aliphatic heterocycles. The van der Waals surface area contributed by atoms with Crippen LogP contribution in [0.25, 0.3) is 0 Å². The van der Waals surface area contributed by atoms with E-state index in [1.165, 1.54) is 0 Å². The van der Waals surface area contributed by atoms with Crippen molar-refractivity contribution in [1.82, 2.24) is 20.2 Å². The molecule has 1 aromatic rings. The van der Waals surface area contributed by atoms with Crippen LogP contribution >= 0.6 is 0 Å². The highest BCUT2D eigenvalue weighted by Crippen LogP contribution is 2.31. The van der Waals surface area contributed by atoms with Gasteiger partial charge in [0.2, 0.25) is 5.95 Å². The first-order chi connectivity index (χ1) is 11.2. The predicted octanol–water partition coefficient (Wildman–Crippen LogP) is 0.479. The monoisotopic (exact) mass is 318 g/mol. The quantitative estimate of drug-likeness (QED) is 0.621. The van der Waals surface area contributed by atoms with Crippen LogP contribution in [0, 0.1) is 0 Å². The van der Waals surface area contributed by atoms with E-state index in [0.29, 0.717) is 6.54 Å². The second-order valence-electron chi connectivity index (χ2n) is 6.27. The number of aromatic nitrogens is 2. The molecule has 0 amide bonds. The van der Waals surface area contributed by atoms with Gasteiger partial charge in [-0.3, -0.25) is 4.99 Å². The normalized spacial score (nSPS) is 21.0. The van der Waals surface area contributed by atoms with Crippen molar-refractivity contribution in [2.45, 2.75) is 31.8 Å². The van der Waals surface area contributed by atoms with Crippen LogP contribution in [0.4, 0.5) is 5.95 Å². The molecule has 7 heteroatoms. The molecule has 0 aromatic carbocycles. The van der Waals surface area contributed by atoms with Crippen molar-refractivity contribution in [3.8, 4) is 0 Å². The van der Waals surface area contributed by atoms with Gasteiger partial charge in [0.25, 0.3) is 0 Å².